The molecule has 0 aliphatic rings. The van der Waals surface area contributed by atoms with Crippen molar-refractivity contribution < 1.29 is 14.3 Å². The molecule has 0 bridgehead atoms. The van der Waals surface area contributed by atoms with Crippen LogP contribution < -0.4 is 20.5 Å². The maximum Gasteiger partial charge on any atom is 0.255 e. The summed E-state index contributed by atoms with van der Waals surface area (Å²) in [5.41, 5.74) is 7.35. The zero-order valence-electron chi connectivity index (χ0n) is 12.1. The lowest BCUT2D eigenvalue weighted by atomic mass is 10.1. The third-order valence-corrected chi connectivity index (χ3v) is 2.85. The average molecular weight is 286 g/mol. The van der Waals surface area contributed by atoms with Crippen LogP contribution in [-0.4, -0.2) is 19.6 Å². The van der Waals surface area contributed by atoms with Crippen molar-refractivity contribution in [3.05, 3.63) is 48.0 Å². The van der Waals surface area contributed by atoms with Crippen LogP contribution in [-0.2, 0) is 0 Å². The molecule has 2 aromatic carbocycles. The first-order valence-corrected chi connectivity index (χ1v) is 6.61. The fourth-order valence-corrected chi connectivity index (χ4v) is 1.88. The van der Waals surface area contributed by atoms with Gasteiger partial charge >= 0.3 is 0 Å². The number of hydrogen-bond acceptors (Lipinski definition) is 4. The van der Waals surface area contributed by atoms with E-state index in [1.807, 2.05) is 6.92 Å². The molecule has 0 heterocycles. The molecule has 0 aliphatic carbocycles. The number of nitrogens with one attached hydrogen (secondary N) is 1. The normalized spacial score (nSPS) is 10.0. The molecule has 0 atom stereocenters. The first-order valence-electron chi connectivity index (χ1n) is 6.61. The lowest BCUT2D eigenvalue weighted by Crippen LogP contribution is -2.12. The number of methoxy groups -OCH3 is 1. The Morgan fingerprint density at radius 1 is 1.14 bits per heavy atom. The van der Waals surface area contributed by atoms with Crippen LogP contribution in [0.5, 0.6) is 11.5 Å². The van der Waals surface area contributed by atoms with Crippen LogP contribution in [0.25, 0.3) is 0 Å². The Morgan fingerprint density at radius 2 is 1.86 bits per heavy atom. The van der Waals surface area contributed by atoms with Gasteiger partial charge in [-0.1, -0.05) is 0 Å². The predicted octanol–water partition coefficient (Wildman–Crippen LogP) is 2.93. The molecule has 21 heavy (non-hydrogen) atoms. The third kappa shape index (κ3) is 3.89. The third-order valence-electron chi connectivity index (χ3n) is 2.85. The number of carbonyl (C=O) groups excluding carboxylic acids is 1. The molecule has 0 radical (unpaired) electrons. The molecule has 0 fully saturated rings. The predicted molar refractivity (Wildman–Crippen MR) is 83.0 cm³/mol. The van der Waals surface area contributed by atoms with E-state index in [2.05, 4.69) is 5.32 Å². The number of nitrogens with two attached hydrogens (primary N) is 1. The Labute approximate surface area is 123 Å². The first-order chi connectivity index (χ1) is 10.1. The Bertz CT molecular complexity index is 624. The Morgan fingerprint density at radius 3 is 2.48 bits per heavy atom. The summed E-state index contributed by atoms with van der Waals surface area (Å²) in [5.74, 6) is 1.07. The number of carbonyl (C=O) groups is 1. The summed E-state index contributed by atoms with van der Waals surface area (Å²) in [6.07, 6.45) is 0. The zero-order valence-corrected chi connectivity index (χ0v) is 12.1. The van der Waals surface area contributed by atoms with Crippen LogP contribution in [0.2, 0.25) is 0 Å². The van der Waals surface area contributed by atoms with Gasteiger partial charge in [-0.2, -0.15) is 0 Å². The van der Waals surface area contributed by atoms with Gasteiger partial charge in [0.15, 0.2) is 0 Å². The zero-order chi connectivity index (χ0) is 15.2. The molecule has 3 N–H and O–H groups in total. The maximum absolute atomic E-state index is 12.2. The van der Waals surface area contributed by atoms with Crippen LogP contribution in [0, 0.1) is 0 Å². The maximum atomic E-state index is 12.2. The van der Waals surface area contributed by atoms with E-state index in [4.69, 9.17) is 15.2 Å². The number of benzene rings is 2. The monoisotopic (exact) mass is 286 g/mol. The molecule has 5 heteroatoms. The van der Waals surface area contributed by atoms with Crippen LogP contribution >= 0.6 is 0 Å². The highest BCUT2D eigenvalue weighted by molar-refractivity contribution is 6.05. The topological polar surface area (TPSA) is 73.6 Å². The van der Waals surface area contributed by atoms with Crippen molar-refractivity contribution in [2.45, 2.75) is 6.92 Å². The fraction of sp³-hybridized carbons (Fsp3) is 0.188. The largest absolute Gasteiger partial charge is 0.497 e. The van der Waals surface area contributed by atoms with Crippen molar-refractivity contribution in [1.29, 1.82) is 0 Å². The molecule has 110 valence electrons. The highest BCUT2D eigenvalue weighted by Crippen LogP contribution is 2.20. The van der Waals surface area contributed by atoms with Gasteiger partial charge < -0.3 is 20.5 Å². The fourth-order valence-electron chi connectivity index (χ4n) is 1.88. The summed E-state index contributed by atoms with van der Waals surface area (Å²) in [5, 5.41) is 2.80. The van der Waals surface area contributed by atoms with E-state index < -0.39 is 0 Å². The van der Waals surface area contributed by atoms with E-state index in [0.29, 0.717) is 29.3 Å². The second kappa shape index (κ2) is 6.65. The molecule has 0 unspecified atom stereocenters. The molecule has 1 amide bonds. The van der Waals surface area contributed by atoms with E-state index in [1.54, 1.807) is 42.5 Å². The minimum atomic E-state index is -0.246. The van der Waals surface area contributed by atoms with Gasteiger partial charge in [0.2, 0.25) is 0 Å². The molecule has 0 aliphatic heterocycles. The summed E-state index contributed by atoms with van der Waals surface area (Å²) in [4.78, 5) is 12.2. The van der Waals surface area contributed by atoms with Crippen LogP contribution in [0.3, 0.4) is 0 Å². The standard InChI is InChI=1S/C16H18N2O3/c1-3-21-14-6-4-13(5-7-14)18-16(19)11-8-12(17)10-15(9-11)20-2/h4-10H,3,17H2,1-2H3,(H,18,19). The highest BCUT2D eigenvalue weighted by atomic mass is 16.5. The van der Waals surface area contributed by atoms with Gasteiger partial charge in [-0.3, -0.25) is 4.79 Å². The smallest absolute Gasteiger partial charge is 0.255 e. The van der Waals surface area contributed by atoms with Gasteiger partial charge in [0.25, 0.3) is 5.91 Å². The minimum absolute atomic E-state index is 0.246. The molecule has 0 saturated heterocycles. The quantitative estimate of drug-likeness (QED) is 0.829. The van der Waals surface area contributed by atoms with Crippen molar-refractivity contribution in [3.63, 3.8) is 0 Å². The lowest BCUT2D eigenvalue weighted by molar-refractivity contribution is 0.102. The van der Waals surface area contributed by atoms with E-state index in [9.17, 15) is 4.79 Å². The second-order valence-corrected chi connectivity index (χ2v) is 4.41. The Hall–Kier alpha value is -2.69. The SMILES string of the molecule is CCOc1ccc(NC(=O)c2cc(N)cc(OC)c2)cc1. The summed E-state index contributed by atoms with van der Waals surface area (Å²) < 4.78 is 10.5. The van der Waals surface area contributed by atoms with Crippen molar-refractivity contribution >= 4 is 17.3 Å². The van der Waals surface area contributed by atoms with E-state index >= 15 is 0 Å². The minimum Gasteiger partial charge on any atom is -0.497 e. The van der Waals surface area contributed by atoms with E-state index in [1.165, 1.54) is 7.11 Å². The molecule has 2 rings (SSSR count). The van der Waals surface area contributed by atoms with Crippen LogP contribution in [0.1, 0.15) is 17.3 Å². The average Bonchev–Trinajstić information content (AvgIpc) is 2.48. The summed E-state index contributed by atoms with van der Waals surface area (Å²) in [6.45, 7) is 2.53. The molecule has 0 saturated carbocycles. The van der Waals surface area contributed by atoms with Crippen molar-refractivity contribution in [1.82, 2.24) is 0 Å². The number of ether oxygens (including phenoxy) is 2. The number of rotatable bonds is 5. The number of nitrogen functional groups attached to an aromatic ring is 1. The summed E-state index contributed by atoms with van der Waals surface area (Å²) in [7, 11) is 1.53. The molecular formula is C16H18N2O3. The Kier molecular flexibility index (Phi) is 4.66. The molecule has 0 spiro atoms. The highest BCUT2D eigenvalue weighted by Gasteiger charge is 2.09. The number of anilines is 2. The van der Waals surface area contributed by atoms with Gasteiger partial charge in [0, 0.05) is 23.0 Å². The van der Waals surface area contributed by atoms with E-state index in [0.717, 1.165) is 5.75 Å². The summed E-state index contributed by atoms with van der Waals surface area (Å²) >= 11 is 0. The molecule has 5 nitrogen and oxygen atoms in total. The van der Waals surface area contributed by atoms with Crippen LogP contribution in [0.15, 0.2) is 42.5 Å². The molecular weight excluding hydrogens is 268 g/mol. The van der Waals surface area contributed by atoms with Crippen LogP contribution in [0.4, 0.5) is 11.4 Å². The number of hydrogen-bond donors (Lipinski definition) is 2. The number of amides is 1. The first kappa shape index (κ1) is 14.7. The van der Waals surface area contributed by atoms with Crippen molar-refractivity contribution in [2.24, 2.45) is 0 Å². The van der Waals surface area contributed by atoms with Gasteiger partial charge in [-0.05, 0) is 43.3 Å². The molecule has 0 aromatic heterocycles. The van der Waals surface area contributed by atoms with Gasteiger partial charge in [-0.25, -0.2) is 0 Å². The lowest BCUT2D eigenvalue weighted by Gasteiger charge is -2.09. The molecule has 2 aromatic rings. The van der Waals surface area contributed by atoms with E-state index in [-0.39, 0.29) is 5.91 Å². The van der Waals surface area contributed by atoms with Gasteiger partial charge in [-0.15, -0.1) is 0 Å². The van der Waals surface area contributed by atoms with Crippen molar-refractivity contribution in [2.75, 3.05) is 24.8 Å². The second-order valence-electron chi connectivity index (χ2n) is 4.41. The summed E-state index contributed by atoms with van der Waals surface area (Å²) in [6, 6.07) is 12.1. The Balaban J connectivity index is 2.12. The van der Waals surface area contributed by atoms with Crippen molar-refractivity contribution in [3.8, 4) is 11.5 Å². The van der Waals surface area contributed by atoms with Gasteiger partial charge in [0.05, 0.1) is 13.7 Å². The van der Waals surface area contributed by atoms with Gasteiger partial charge in [0.1, 0.15) is 11.5 Å².